The van der Waals surface area contributed by atoms with E-state index in [2.05, 4.69) is 15.0 Å². The third kappa shape index (κ3) is 3.05. The largest absolute Gasteiger partial charge is 0.354 e. The van der Waals surface area contributed by atoms with Crippen LogP contribution in [0.4, 0.5) is 17.2 Å². The van der Waals surface area contributed by atoms with Gasteiger partial charge in [-0.15, -0.1) is 0 Å². The molecule has 8 nitrogen and oxygen atoms in total. The fraction of sp³-hybridized carbons (Fsp3) is 0.0870. The van der Waals surface area contributed by atoms with Gasteiger partial charge in [0.05, 0.1) is 21.6 Å². The first-order valence-corrected chi connectivity index (χ1v) is 9.86. The highest BCUT2D eigenvalue weighted by molar-refractivity contribution is 5.96. The molecule has 0 fully saturated rings. The minimum atomic E-state index is -0.423. The first kappa shape index (κ1) is 18.7. The van der Waals surface area contributed by atoms with E-state index in [-0.39, 0.29) is 17.3 Å². The van der Waals surface area contributed by atoms with Crippen molar-refractivity contribution in [1.29, 1.82) is 0 Å². The molecule has 2 aromatic heterocycles. The van der Waals surface area contributed by atoms with Gasteiger partial charge in [-0.05, 0) is 30.5 Å². The van der Waals surface area contributed by atoms with Crippen LogP contribution in [0.25, 0.3) is 27.6 Å². The van der Waals surface area contributed by atoms with Crippen molar-refractivity contribution >= 4 is 39.0 Å². The standard InChI is InChI=1S/C23H18N6O2/c1-2-27(19-13-7-9-16-8-3-4-10-17(16)19)22-21(29(30)31)23(25-14-24-22)28-15-26-18-11-5-6-12-20(18)28/h3-15H,2H2,1H3. The van der Waals surface area contributed by atoms with Gasteiger partial charge in [0.2, 0.25) is 11.6 Å². The molecule has 0 saturated heterocycles. The number of para-hydroxylation sites is 2. The SMILES string of the molecule is CCN(c1ncnc(-n2cnc3ccccc32)c1[N+](=O)[O-])c1cccc2ccccc12. The fourth-order valence-corrected chi connectivity index (χ4v) is 3.90. The summed E-state index contributed by atoms with van der Waals surface area (Å²) in [5.41, 5.74) is 2.16. The van der Waals surface area contributed by atoms with Crippen LogP contribution in [0.3, 0.4) is 0 Å². The number of anilines is 2. The zero-order valence-corrected chi connectivity index (χ0v) is 16.7. The Morgan fingerprint density at radius 1 is 0.968 bits per heavy atom. The molecule has 8 heteroatoms. The molecule has 31 heavy (non-hydrogen) atoms. The van der Waals surface area contributed by atoms with Gasteiger partial charge in [0, 0.05) is 11.9 Å². The third-order valence-corrected chi connectivity index (χ3v) is 5.28. The van der Waals surface area contributed by atoms with Crippen LogP contribution in [-0.4, -0.2) is 31.0 Å². The molecule has 152 valence electrons. The highest BCUT2D eigenvalue weighted by Gasteiger charge is 2.29. The maximum absolute atomic E-state index is 12.3. The minimum Gasteiger partial charge on any atom is -0.320 e. The van der Waals surface area contributed by atoms with Gasteiger partial charge < -0.3 is 4.90 Å². The summed E-state index contributed by atoms with van der Waals surface area (Å²) in [5, 5.41) is 14.3. The van der Waals surface area contributed by atoms with Crippen molar-refractivity contribution in [3.8, 4) is 5.82 Å². The monoisotopic (exact) mass is 410 g/mol. The molecule has 3 aromatic carbocycles. The number of imidazole rings is 1. The van der Waals surface area contributed by atoms with Crippen molar-refractivity contribution < 1.29 is 4.92 Å². The van der Waals surface area contributed by atoms with Crippen LogP contribution in [0.1, 0.15) is 6.92 Å². The Hall–Kier alpha value is -4.33. The van der Waals surface area contributed by atoms with Crippen molar-refractivity contribution in [1.82, 2.24) is 19.5 Å². The normalized spacial score (nSPS) is 11.1. The van der Waals surface area contributed by atoms with E-state index in [0.29, 0.717) is 6.54 Å². The van der Waals surface area contributed by atoms with E-state index in [0.717, 1.165) is 27.5 Å². The number of hydrogen-bond acceptors (Lipinski definition) is 6. The topological polar surface area (TPSA) is 90.0 Å². The van der Waals surface area contributed by atoms with Crippen LogP contribution < -0.4 is 4.90 Å². The number of hydrogen-bond donors (Lipinski definition) is 0. The van der Waals surface area contributed by atoms with Gasteiger partial charge in [0.15, 0.2) is 0 Å². The second-order valence-corrected chi connectivity index (χ2v) is 6.97. The van der Waals surface area contributed by atoms with E-state index in [1.165, 1.54) is 6.33 Å². The molecular formula is C23H18N6O2. The molecule has 0 aliphatic heterocycles. The smallest absolute Gasteiger partial charge is 0.320 e. The number of nitrogens with zero attached hydrogens (tertiary/aromatic N) is 6. The van der Waals surface area contributed by atoms with Crippen LogP contribution in [0.5, 0.6) is 0 Å². The first-order chi connectivity index (χ1) is 15.2. The predicted molar refractivity (Wildman–Crippen MR) is 120 cm³/mol. The van der Waals surface area contributed by atoms with Crippen LogP contribution in [-0.2, 0) is 0 Å². The molecule has 5 rings (SSSR count). The summed E-state index contributed by atoms with van der Waals surface area (Å²) in [6.45, 7) is 2.44. The molecule has 0 N–H and O–H groups in total. The molecule has 2 heterocycles. The summed E-state index contributed by atoms with van der Waals surface area (Å²) in [7, 11) is 0. The van der Waals surface area contributed by atoms with Crippen molar-refractivity contribution in [2.24, 2.45) is 0 Å². The van der Waals surface area contributed by atoms with Crippen molar-refractivity contribution in [2.45, 2.75) is 6.92 Å². The molecule has 0 bridgehead atoms. The van der Waals surface area contributed by atoms with Gasteiger partial charge >= 0.3 is 5.69 Å². The van der Waals surface area contributed by atoms with E-state index in [1.807, 2.05) is 78.6 Å². The molecule has 0 saturated carbocycles. The Kier molecular flexibility index (Phi) is 4.51. The number of benzene rings is 3. The highest BCUT2D eigenvalue weighted by atomic mass is 16.6. The molecule has 0 unspecified atom stereocenters. The van der Waals surface area contributed by atoms with E-state index in [1.54, 1.807) is 10.9 Å². The van der Waals surface area contributed by atoms with Crippen molar-refractivity contribution in [2.75, 3.05) is 11.4 Å². The molecule has 0 aliphatic carbocycles. The van der Waals surface area contributed by atoms with Crippen LogP contribution in [0.15, 0.2) is 79.4 Å². The van der Waals surface area contributed by atoms with E-state index in [4.69, 9.17) is 0 Å². The van der Waals surface area contributed by atoms with Gasteiger partial charge in [0.25, 0.3) is 0 Å². The predicted octanol–water partition coefficient (Wildman–Crippen LogP) is 5.03. The van der Waals surface area contributed by atoms with Gasteiger partial charge in [0.1, 0.15) is 12.7 Å². The molecule has 0 aliphatic rings. The first-order valence-electron chi connectivity index (χ1n) is 9.86. The summed E-state index contributed by atoms with van der Waals surface area (Å²) in [4.78, 5) is 26.7. The van der Waals surface area contributed by atoms with E-state index in [9.17, 15) is 10.1 Å². The Balaban J connectivity index is 1.76. The highest BCUT2D eigenvalue weighted by Crippen LogP contribution is 2.38. The fourth-order valence-electron chi connectivity index (χ4n) is 3.90. The second-order valence-electron chi connectivity index (χ2n) is 6.97. The number of aromatic nitrogens is 4. The number of rotatable bonds is 5. The second kappa shape index (κ2) is 7.49. The van der Waals surface area contributed by atoms with E-state index >= 15 is 0 Å². The molecule has 0 amide bonds. The lowest BCUT2D eigenvalue weighted by atomic mass is 10.1. The molecule has 0 atom stereocenters. The zero-order chi connectivity index (χ0) is 21.4. The average molecular weight is 410 g/mol. The maximum atomic E-state index is 12.3. The Bertz CT molecular complexity index is 1420. The average Bonchev–Trinajstić information content (AvgIpc) is 3.23. The van der Waals surface area contributed by atoms with Crippen LogP contribution in [0, 0.1) is 10.1 Å². The van der Waals surface area contributed by atoms with Crippen LogP contribution >= 0.6 is 0 Å². The summed E-state index contributed by atoms with van der Waals surface area (Å²) in [6.07, 6.45) is 2.91. The van der Waals surface area contributed by atoms with Gasteiger partial charge in [-0.2, -0.15) is 0 Å². The summed E-state index contributed by atoms with van der Waals surface area (Å²) < 4.78 is 1.63. The van der Waals surface area contributed by atoms with Crippen molar-refractivity contribution in [3.63, 3.8) is 0 Å². The summed E-state index contributed by atoms with van der Waals surface area (Å²) >= 11 is 0. The third-order valence-electron chi connectivity index (χ3n) is 5.28. The summed E-state index contributed by atoms with van der Waals surface area (Å²) in [5.74, 6) is 0.425. The Labute approximate surface area is 177 Å². The zero-order valence-electron chi connectivity index (χ0n) is 16.7. The Morgan fingerprint density at radius 3 is 2.58 bits per heavy atom. The quantitative estimate of drug-likeness (QED) is 0.298. The van der Waals surface area contributed by atoms with Gasteiger partial charge in [-0.1, -0.05) is 48.5 Å². The molecule has 0 spiro atoms. The lowest BCUT2D eigenvalue weighted by Gasteiger charge is -2.24. The Morgan fingerprint density at radius 2 is 1.74 bits per heavy atom. The number of fused-ring (bicyclic) bond motifs is 2. The molecule has 5 aromatic rings. The van der Waals surface area contributed by atoms with Crippen LogP contribution in [0.2, 0.25) is 0 Å². The van der Waals surface area contributed by atoms with Gasteiger partial charge in [-0.25, -0.2) is 15.0 Å². The van der Waals surface area contributed by atoms with Crippen molar-refractivity contribution in [3.05, 3.63) is 89.5 Å². The number of nitro groups is 1. The minimum absolute atomic E-state index is 0.166. The van der Waals surface area contributed by atoms with E-state index < -0.39 is 4.92 Å². The van der Waals surface area contributed by atoms with Gasteiger partial charge in [-0.3, -0.25) is 14.7 Å². The summed E-state index contributed by atoms with van der Waals surface area (Å²) in [6, 6.07) is 21.3. The maximum Gasteiger partial charge on any atom is 0.354 e. The lowest BCUT2D eigenvalue weighted by molar-refractivity contribution is -0.384. The molecule has 0 radical (unpaired) electrons. The lowest BCUT2D eigenvalue weighted by Crippen LogP contribution is -2.20. The molecular weight excluding hydrogens is 392 g/mol.